The highest BCUT2D eigenvalue weighted by molar-refractivity contribution is 5.27. The van der Waals surface area contributed by atoms with Gasteiger partial charge in [0.2, 0.25) is 0 Å². The molecule has 1 nitrogen and oxygen atoms in total. The van der Waals surface area contributed by atoms with Crippen LogP contribution in [-0.4, -0.2) is 24.5 Å². The zero-order valence-electron chi connectivity index (χ0n) is 17.8. The fraction of sp³-hybridized carbons (Fsp3) is 0.520. The Morgan fingerprint density at radius 3 is 2.41 bits per heavy atom. The van der Waals surface area contributed by atoms with Crippen LogP contribution >= 0.6 is 0 Å². The van der Waals surface area contributed by atoms with Crippen LogP contribution in [0.15, 0.2) is 66.5 Å². The van der Waals surface area contributed by atoms with Crippen molar-refractivity contribution >= 4 is 0 Å². The molecule has 2 atom stereocenters. The first-order valence-corrected chi connectivity index (χ1v) is 10.4. The van der Waals surface area contributed by atoms with Crippen molar-refractivity contribution in [3.05, 3.63) is 72.1 Å². The smallest absolute Gasteiger partial charge is 0.116 e. The summed E-state index contributed by atoms with van der Waals surface area (Å²) in [6.45, 7) is 15.1. The van der Waals surface area contributed by atoms with E-state index < -0.39 is 0 Å². The van der Waals surface area contributed by atoms with Crippen LogP contribution < -0.4 is 0 Å². The van der Waals surface area contributed by atoms with Crippen molar-refractivity contribution < 1.29 is 4.39 Å². The number of hydrogen-bond donors (Lipinski definition) is 0. The van der Waals surface area contributed by atoms with Gasteiger partial charge in [-0.1, -0.05) is 76.3 Å². The molecule has 0 N–H and O–H groups in total. The lowest BCUT2D eigenvalue weighted by Crippen LogP contribution is -2.34. The van der Waals surface area contributed by atoms with Gasteiger partial charge in [0.05, 0.1) is 0 Å². The molecule has 0 aromatic heterocycles. The van der Waals surface area contributed by atoms with Crippen molar-refractivity contribution in [3.63, 3.8) is 0 Å². The van der Waals surface area contributed by atoms with Crippen molar-refractivity contribution in [2.75, 3.05) is 19.6 Å². The first kappa shape index (κ1) is 23.4. The summed E-state index contributed by atoms with van der Waals surface area (Å²) in [5.41, 5.74) is 2.44. The summed E-state index contributed by atoms with van der Waals surface area (Å²) in [5, 5.41) is 0. The molecule has 150 valence electrons. The molecule has 2 unspecified atom stereocenters. The van der Waals surface area contributed by atoms with E-state index in [1.54, 1.807) is 6.08 Å². The predicted octanol–water partition coefficient (Wildman–Crippen LogP) is 6.98. The minimum Gasteiger partial charge on any atom is -0.303 e. The third-order valence-electron chi connectivity index (χ3n) is 5.13. The molecular formula is C25H38FN. The van der Waals surface area contributed by atoms with Gasteiger partial charge >= 0.3 is 0 Å². The molecule has 27 heavy (non-hydrogen) atoms. The second-order valence-corrected chi connectivity index (χ2v) is 7.52. The highest BCUT2D eigenvalue weighted by atomic mass is 19.1. The van der Waals surface area contributed by atoms with Gasteiger partial charge in [-0.15, -0.1) is 0 Å². The molecular weight excluding hydrogens is 333 g/mol. The van der Waals surface area contributed by atoms with Crippen LogP contribution in [0.25, 0.3) is 0 Å². The molecule has 1 aromatic carbocycles. The Hall–Kier alpha value is -1.67. The predicted molar refractivity (Wildman–Crippen MR) is 118 cm³/mol. The Morgan fingerprint density at radius 1 is 1.15 bits per heavy atom. The van der Waals surface area contributed by atoms with Crippen molar-refractivity contribution in [2.24, 2.45) is 11.8 Å². The molecule has 1 rings (SSSR count). The first-order valence-electron chi connectivity index (χ1n) is 10.4. The monoisotopic (exact) mass is 371 g/mol. The number of nitrogens with zero attached hydrogens (tertiary/aromatic N) is 1. The molecule has 0 aliphatic carbocycles. The zero-order valence-corrected chi connectivity index (χ0v) is 17.8. The Morgan fingerprint density at radius 2 is 1.85 bits per heavy atom. The Kier molecular flexibility index (Phi) is 11.7. The van der Waals surface area contributed by atoms with E-state index in [4.69, 9.17) is 0 Å². The van der Waals surface area contributed by atoms with Gasteiger partial charge in [0.1, 0.15) is 5.83 Å². The summed E-state index contributed by atoms with van der Waals surface area (Å²) in [6.07, 6.45) is 10.4. The maximum absolute atomic E-state index is 13.3. The lowest BCUT2D eigenvalue weighted by atomic mass is 9.93. The number of hydrogen-bond acceptors (Lipinski definition) is 1. The van der Waals surface area contributed by atoms with Crippen LogP contribution in [-0.2, 0) is 6.42 Å². The summed E-state index contributed by atoms with van der Waals surface area (Å²) in [4.78, 5) is 2.52. The Bertz CT molecular complexity index is 588. The standard InChI is InChI=1S/C25H38FN/c1-6-12-24(17-16-23-14-10-9-11-15-23)20-27(8-3)19-21(4)25(13-7-2)18-22(5)26/h7,9-11,13-15,18,21,24H,5-6,8,12,16-17,19-20H2,1-4H3/b13-7-,25-18+. The molecule has 1 aromatic rings. The van der Waals surface area contributed by atoms with Crippen LogP contribution in [0.2, 0.25) is 0 Å². The van der Waals surface area contributed by atoms with Crippen molar-refractivity contribution in [3.8, 4) is 0 Å². The van der Waals surface area contributed by atoms with E-state index in [-0.39, 0.29) is 11.7 Å². The normalized spacial score (nSPS) is 14.7. The fourth-order valence-corrected chi connectivity index (χ4v) is 3.67. The van der Waals surface area contributed by atoms with E-state index in [1.807, 2.05) is 19.1 Å². The van der Waals surface area contributed by atoms with Gasteiger partial charge in [-0.25, -0.2) is 4.39 Å². The van der Waals surface area contributed by atoms with Crippen molar-refractivity contribution in [2.45, 2.75) is 53.4 Å². The molecule has 0 fully saturated rings. The number of halogens is 1. The molecule has 0 amide bonds. The molecule has 0 saturated heterocycles. The fourth-order valence-electron chi connectivity index (χ4n) is 3.67. The van der Waals surface area contributed by atoms with Gasteiger partial charge < -0.3 is 4.90 Å². The van der Waals surface area contributed by atoms with Crippen LogP contribution in [0.5, 0.6) is 0 Å². The minimum absolute atomic E-state index is 0.282. The summed E-state index contributed by atoms with van der Waals surface area (Å²) in [7, 11) is 0. The summed E-state index contributed by atoms with van der Waals surface area (Å²) in [5.74, 6) is 0.613. The second kappa shape index (κ2) is 13.5. The molecule has 0 aliphatic rings. The highest BCUT2D eigenvalue weighted by Gasteiger charge is 2.16. The minimum atomic E-state index is -0.371. The van der Waals surface area contributed by atoms with Gasteiger partial charge in [-0.3, -0.25) is 0 Å². The summed E-state index contributed by atoms with van der Waals surface area (Å²) in [6, 6.07) is 10.8. The summed E-state index contributed by atoms with van der Waals surface area (Å²) < 4.78 is 13.3. The number of aryl methyl sites for hydroxylation is 1. The molecule has 0 radical (unpaired) electrons. The quantitative estimate of drug-likeness (QED) is 0.338. The maximum atomic E-state index is 13.3. The molecule has 0 saturated carbocycles. The molecule has 2 heteroatoms. The number of rotatable bonds is 13. The molecule has 0 heterocycles. The third kappa shape index (κ3) is 9.72. The van der Waals surface area contributed by atoms with Crippen molar-refractivity contribution in [1.29, 1.82) is 0 Å². The lowest BCUT2D eigenvalue weighted by Gasteiger charge is -2.29. The number of benzene rings is 1. The third-order valence-corrected chi connectivity index (χ3v) is 5.13. The van der Waals surface area contributed by atoms with Gasteiger partial charge in [0.15, 0.2) is 0 Å². The van der Waals surface area contributed by atoms with Gasteiger partial charge in [-0.05, 0) is 61.8 Å². The van der Waals surface area contributed by atoms with Gasteiger partial charge in [-0.2, -0.15) is 0 Å². The summed E-state index contributed by atoms with van der Waals surface area (Å²) >= 11 is 0. The van der Waals surface area contributed by atoms with Gasteiger partial charge in [0.25, 0.3) is 0 Å². The maximum Gasteiger partial charge on any atom is 0.116 e. The van der Waals surface area contributed by atoms with Gasteiger partial charge in [0, 0.05) is 13.1 Å². The van der Waals surface area contributed by atoms with E-state index in [9.17, 15) is 4.39 Å². The van der Waals surface area contributed by atoms with E-state index in [1.165, 1.54) is 24.8 Å². The molecule has 0 bridgehead atoms. The number of allylic oxidation sites excluding steroid dienone is 4. The Labute approximate surface area is 166 Å². The highest BCUT2D eigenvalue weighted by Crippen LogP contribution is 2.20. The van der Waals surface area contributed by atoms with Crippen LogP contribution in [0.3, 0.4) is 0 Å². The van der Waals surface area contributed by atoms with Crippen LogP contribution in [0, 0.1) is 11.8 Å². The Balaban J connectivity index is 2.69. The second-order valence-electron chi connectivity index (χ2n) is 7.52. The van der Waals surface area contributed by atoms with E-state index in [0.29, 0.717) is 5.92 Å². The zero-order chi connectivity index (χ0) is 20.1. The van der Waals surface area contributed by atoms with E-state index in [2.05, 4.69) is 62.6 Å². The average Bonchev–Trinajstić information content (AvgIpc) is 2.65. The van der Waals surface area contributed by atoms with E-state index >= 15 is 0 Å². The molecule has 0 aliphatic heterocycles. The van der Waals surface area contributed by atoms with Crippen LogP contribution in [0.1, 0.15) is 52.5 Å². The SMILES string of the molecule is C=C(F)/C=C(\C=C/C)C(C)CN(CC)CC(CCC)CCc1ccccc1. The topological polar surface area (TPSA) is 3.24 Å². The van der Waals surface area contributed by atoms with Crippen molar-refractivity contribution in [1.82, 2.24) is 4.90 Å². The first-order chi connectivity index (χ1) is 13.0. The average molecular weight is 372 g/mol. The largest absolute Gasteiger partial charge is 0.303 e. The molecule has 0 spiro atoms. The lowest BCUT2D eigenvalue weighted by molar-refractivity contribution is 0.210. The van der Waals surface area contributed by atoms with E-state index in [0.717, 1.165) is 31.6 Å². The van der Waals surface area contributed by atoms with Crippen LogP contribution in [0.4, 0.5) is 4.39 Å².